The van der Waals surface area contributed by atoms with Gasteiger partial charge < -0.3 is 0 Å². The SMILES string of the molecule is N#CC1(C(F)(F)c2ccc(Br)cc2)CC1. The van der Waals surface area contributed by atoms with Gasteiger partial charge in [-0.15, -0.1) is 0 Å². The molecule has 0 spiro atoms. The zero-order valence-corrected chi connectivity index (χ0v) is 9.39. The smallest absolute Gasteiger partial charge is 0.200 e. The Morgan fingerprint density at radius 3 is 2.20 bits per heavy atom. The lowest BCUT2D eigenvalue weighted by atomic mass is 9.93. The molecule has 15 heavy (non-hydrogen) atoms. The van der Waals surface area contributed by atoms with Crippen molar-refractivity contribution in [1.82, 2.24) is 0 Å². The summed E-state index contributed by atoms with van der Waals surface area (Å²) in [6, 6.07) is 7.60. The first kappa shape index (κ1) is 10.6. The molecule has 78 valence electrons. The first-order valence-corrected chi connectivity index (χ1v) is 5.36. The summed E-state index contributed by atoms with van der Waals surface area (Å²) >= 11 is 3.19. The second kappa shape index (κ2) is 3.28. The van der Waals surface area contributed by atoms with E-state index < -0.39 is 11.3 Å². The van der Waals surface area contributed by atoms with E-state index in [-0.39, 0.29) is 18.4 Å². The van der Waals surface area contributed by atoms with Gasteiger partial charge in [0.15, 0.2) is 0 Å². The number of nitrogens with zero attached hydrogens (tertiary/aromatic N) is 1. The van der Waals surface area contributed by atoms with Crippen LogP contribution in [0, 0.1) is 16.7 Å². The Kier molecular flexibility index (Phi) is 2.31. The van der Waals surface area contributed by atoms with Crippen molar-refractivity contribution in [2.45, 2.75) is 18.8 Å². The predicted octanol–water partition coefficient (Wildman–Crippen LogP) is 3.84. The molecule has 1 aromatic carbocycles. The number of rotatable bonds is 2. The van der Waals surface area contributed by atoms with E-state index in [4.69, 9.17) is 5.26 Å². The second-order valence-corrected chi connectivity index (χ2v) is 4.69. The molecule has 1 fully saturated rings. The average molecular weight is 272 g/mol. The maximum Gasteiger partial charge on any atom is 0.291 e. The van der Waals surface area contributed by atoms with Crippen molar-refractivity contribution < 1.29 is 8.78 Å². The van der Waals surface area contributed by atoms with E-state index in [0.29, 0.717) is 0 Å². The second-order valence-electron chi connectivity index (χ2n) is 3.78. The van der Waals surface area contributed by atoms with Crippen LogP contribution in [-0.2, 0) is 5.92 Å². The summed E-state index contributed by atoms with van der Waals surface area (Å²) in [5.74, 6) is -3.04. The summed E-state index contributed by atoms with van der Waals surface area (Å²) in [5, 5.41) is 8.77. The molecule has 0 aromatic heterocycles. The van der Waals surface area contributed by atoms with E-state index in [0.717, 1.165) is 4.47 Å². The summed E-state index contributed by atoms with van der Waals surface area (Å²) in [4.78, 5) is 0. The van der Waals surface area contributed by atoms with E-state index in [1.807, 2.05) is 0 Å². The Hall–Kier alpha value is -0.950. The summed E-state index contributed by atoms with van der Waals surface area (Å²) in [6.45, 7) is 0. The Labute approximate surface area is 94.8 Å². The van der Waals surface area contributed by atoms with Crippen LogP contribution in [0.3, 0.4) is 0 Å². The summed E-state index contributed by atoms with van der Waals surface area (Å²) in [6.07, 6.45) is 0.569. The van der Waals surface area contributed by atoms with Gasteiger partial charge in [0, 0.05) is 10.0 Å². The van der Waals surface area contributed by atoms with Gasteiger partial charge in [-0.05, 0) is 25.0 Å². The van der Waals surface area contributed by atoms with Gasteiger partial charge >= 0.3 is 0 Å². The molecule has 0 radical (unpaired) electrons. The van der Waals surface area contributed by atoms with Crippen LogP contribution < -0.4 is 0 Å². The quantitative estimate of drug-likeness (QED) is 0.802. The van der Waals surface area contributed by atoms with E-state index in [9.17, 15) is 8.78 Å². The molecule has 0 unspecified atom stereocenters. The van der Waals surface area contributed by atoms with Gasteiger partial charge in [-0.25, -0.2) is 0 Å². The highest BCUT2D eigenvalue weighted by atomic mass is 79.9. The molecule has 0 atom stereocenters. The maximum absolute atomic E-state index is 13.9. The van der Waals surface area contributed by atoms with Crippen molar-refractivity contribution in [2.24, 2.45) is 5.41 Å². The van der Waals surface area contributed by atoms with Crippen molar-refractivity contribution in [3.05, 3.63) is 34.3 Å². The fraction of sp³-hybridized carbons (Fsp3) is 0.364. The summed E-state index contributed by atoms with van der Waals surface area (Å²) < 4.78 is 28.5. The molecule has 1 saturated carbocycles. The van der Waals surface area contributed by atoms with E-state index >= 15 is 0 Å². The van der Waals surface area contributed by atoms with Crippen molar-refractivity contribution in [3.8, 4) is 6.07 Å². The highest BCUT2D eigenvalue weighted by molar-refractivity contribution is 9.10. The minimum Gasteiger partial charge on any atom is -0.200 e. The molecule has 2 rings (SSSR count). The fourth-order valence-corrected chi connectivity index (χ4v) is 1.82. The lowest BCUT2D eigenvalue weighted by Gasteiger charge is -2.21. The maximum atomic E-state index is 13.9. The number of nitriles is 1. The zero-order chi connectivity index (χ0) is 11.1. The Bertz CT molecular complexity index is 415. The van der Waals surface area contributed by atoms with Crippen LogP contribution in [0.2, 0.25) is 0 Å². The Balaban J connectivity index is 2.38. The minimum absolute atomic E-state index is 0.0789. The van der Waals surface area contributed by atoms with Crippen LogP contribution in [0.4, 0.5) is 8.78 Å². The lowest BCUT2D eigenvalue weighted by molar-refractivity contribution is -0.0567. The van der Waals surface area contributed by atoms with Gasteiger partial charge in [-0.3, -0.25) is 0 Å². The Morgan fingerprint density at radius 1 is 1.27 bits per heavy atom. The number of halogens is 3. The number of hydrogen-bond donors (Lipinski definition) is 0. The molecule has 0 saturated heterocycles. The van der Waals surface area contributed by atoms with E-state index in [1.165, 1.54) is 12.1 Å². The van der Waals surface area contributed by atoms with Crippen LogP contribution in [0.1, 0.15) is 18.4 Å². The topological polar surface area (TPSA) is 23.8 Å². The number of benzene rings is 1. The lowest BCUT2D eigenvalue weighted by Crippen LogP contribution is -2.25. The number of hydrogen-bond acceptors (Lipinski definition) is 1. The Morgan fingerprint density at radius 2 is 1.80 bits per heavy atom. The average Bonchev–Trinajstić information content (AvgIpc) is 2.99. The van der Waals surface area contributed by atoms with Gasteiger partial charge in [-0.1, -0.05) is 28.1 Å². The third kappa shape index (κ3) is 1.55. The third-order valence-electron chi connectivity index (χ3n) is 2.77. The third-order valence-corrected chi connectivity index (χ3v) is 3.30. The van der Waals surface area contributed by atoms with Crippen LogP contribution in [0.15, 0.2) is 28.7 Å². The van der Waals surface area contributed by atoms with Crippen LogP contribution in [0.5, 0.6) is 0 Å². The molecule has 0 aliphatic heterocycles. The molecular formula is C11H8BrF2N. The standard InChI is InChI=1S/C11H8BrF2N/c12-9-3-1-8(2-4-9)11(13,14)10(7-15)5-6-10/h1-4H,5-6H2. The van der Waals surface area contributed by atoms with Crippen molar-refractivity contribution in [2.75, 3.05) is 0 Å². The first-order valence-electron chi connectivity index (χ1n) is 4.57. The molecule has 0 heterocycles. The van der Waals surface area contributed by atoms with Gasteiger partial charge in [0.2, 0.25) is 0 Å². The van der Waals surface area contributed by atoms with Crippen molar-refractivity contribution in [3.63, 3.8) is 0 Å². The molecule has 1 nitrogen and oxygen atoms in total. The molecule has 0 N–H and O–H groups in total. The van der Waals surface area contributed by atoms with Gasteiger partial charge in [0.05, 0.1) is 6.07 Å². The highest BCUT2D eigenvalue weighted by Crippen LogP contribution is 2.60. The van der Waals surface area contributed by atoms with Gasteiger partial charge in [0.1, 0.15) is 5.41 Å². The van der Waals surface area contributed by atoms with Crippen LogP contribution in [-0.4, -0.2) is 0 Å². The van der Waals surface area contributed by atoms with Crippen molar-refractivity contribution >= 4 is 15.9 Å². The summed E-state index contributed by atoms with van der Waals surface area (Å²) in [7, 11) is 0. The van der Waals surface area contributed by atoms with Crippen molar-refractivity contribution in [1.29, 1.82) is 5.26 Å². The molecule has 1 aliphatic carbocycles. The molecule has 4 heteroatoms. The van der Waals surface area contributed by atoms with E-state index in [2.05, 4.69) is 15.9 Å². The zero-order valence-electron chi connectivity index (χ0n) is 7.80. The minimum atomic E-state index is -3.04. The monoisotopic (exact) mass is 271 g/mol. The number of alkyl halides is 2. The normalized spacial score (nSPS) is 18.3. The molecule has 0 amide bonds. The molecule has 1 aromatic rings. The first-order chi connectivity index (χ1) is 7.02. The van der Waals surface area contributed by atoms with Gasteiger partial charge in [0.25, 0.3) is 5.92 Å². The summed E-state index contributed by atoms with van der Waals surface area (Å²) in [5.41, 5.74) is -1.54. The fourth-order valence-electron chi connectivity index (χ4n) is 1.56. The highest BCUT2D eigenvalue weighted by Gasteiger charge is 2.63. The van der Waals surface area contributed by atoms with Gasteiger partial charge in [-0.2, -0.15) is 14.0 Å². The molecule has 1 aliphatic rings. The van der Waals surface area contributed by atoms with Crippen LogP contribution in [0.25, 0.3) is 0 Å². The van der Waals surface area contributed by atoms with Crippen LogP contribution >= 0.6 is 15.9 Å². The van der Waals surface area contributed by atoms with E-state index in [1.54, 1.807) is 18.2 Å². The largest absolute Gasteiger partial charge is 0.291 e. The molecule has 0 bridgehead atoms. The molecular weight excluding hydrogens is 264 g/mol. The predicted molar refractivity (Wildman–Crippen MR) is 55.3 cm³/mol.